The summed E-state index contributed by atoms with van der Waals surface area (Å²) in [5.41, 5.74) is 1.02. The van der Waals surface area contributed by atoms with Gasteiger partial charge in [-0.2, -0.15) is 0 Å². The highest BCUT2D eigenvalue weighted by Gasteiger charge is 2.57. The number of aromatic nitrogens is 1. The van der Waals surface area contributed by atoms with E-state index in [0.717, 1.165) is 0 Å². The maximum atomic E-state index is 13.3. The number of halogens is 1. The third-order valence-electron chi connectivity index (χ3n) is 5.46. The van der Waals surface area contributed by atoms with Crippen LogP contribution in [-0.4, -0.2) is 39.6 Å². The largest absolute Gasteiger partial charge is 0.468 e. The van der Waals surface area contributed by atoms with Crippen molar-refractivity contribution in [3.63, 3.8) is 0 Å². The Labute approximate surface area is 165 Å². The van der Waals surface area contributed by atoms with Gasteiger partial charge in [-0.3, -0.25) is 9.59 Å². The van der Waals surface area contributed by atoms with Gasteiger partial charge in [0.05, 0.1) is 24.1 Å². The van der Waals surface area contributed by atoms with Gasteiger partial charge in [0.1, 0.15) is 17.6 Å². The number of para-hydroxylation sites is 2. The molecule has 0 bridgehead atoms. The number of aliphatic imine (C=N–C) groups is 1. The lowest BCUT2D eigenvalue weighted by Crippen LogP contribution is -2.51. The number of carbonyl (C=O) groups excluding carboxylic acids is 2. The van der Waals surface area contributed by atoms with E-state index in [0.29, 0.717) is 33.4 Å². The number of carbonyl (C=O) groups is 2. The number of aliphatic hydroxyl groups is 1. The smallest absolute Gasteiger partial charge is 0.325 e. The normalized spacial score (nSPS) is 22.5. The number of ether oxygens (including phenoxy) is 1. The van der Waals surface area contributed by atoms with Gasteiger partial charge in [-0.05, 0) is 12.1 Å². The molecule has 6 nitrogen and oxygen atoms in total. The van der Waals surface area contributed by atoms with E-state index in [1.165, 1.54) is 7.11 Å². The predicted octanol–water partition coefficient (Wildman–Crippen LogP) is 2.94. The molecule has 2 atom stereocenters. The van der Waals surface area contributed by atoms with Crippen molar-refractivity contribution in [2.24, 2.45) is 4.99 Å². The molecule has 0 fully saturated rings. The van der Waals surface area contributed by atoms with Crippen LogP contribution in [0.2, 0.25) is 0 Å². The molecule has 0 amide bonds. The Bertz CT molecular complexity index is 1210. The molecular weight excluding hydrogens is 380 g/mol. The van der Waals surface area contributed by atoms with Crippen molar-refractivity contribution < 1.29 is 19.4 Å². The lowest BCUT2D eigenvalue weighted by atomic mass is 9.77. The Morgan fingerprint density at radius 2 is 1.96 bits per heavy atom. The molecule has 1 aromatic heterocycles. The number of ketones is 1. The monoisotopic (exact) mass is 394 g/mol. The standard InChI is InChI=1S/C21H15ClN2O4/c1-28-15(25)10-24-14-9-5-2-6-11(14)16-17(24)20-21(27,19(22)18(16)26)12-7-3-4-8-13(12)23-20/h2-9,19,27H,10H2,1H3. The Morgan fingerprint density at radius 1 is 1.25 bits per heavy atom. The van der Waals surface area contributed by atoms with Crippen molar-refractivity contribution in [3.8, 4) is 0 Å². The third-order valence-corrected chi connectivity index (χ3v) is 5.98. The summed E-state index contributed by atoms with van der Waals surface area (Å²) in [5, 5.41) is 11.0. The lowest BCUT2D eigenvalue weighted by Gasteiger charge is -2.34. The average Bonchev–Trinajstić information content (AvgIpc) is 3.20. The zero-order chi connectivity index (χ0) is 19.6. The molecule has 0 radical (unpaired) electrons. The molecule has 2 aromatic carbocycles. The molecule has 1 aliphatic carbocycles. The molecule has 7 heteroatoms. The quantitative estimate of drug-likeness (QED) is 0.535. The van der Waals surface area contributed by atoms with Crippen LogP contribution in [0.4, 0.5) is 5.69 Å². The summed E-state index contributed by atoms with van der Waals surface area (Å²) in [6.07, 6.45) is 0. The van der Waals surface area contributed by atoms with Gasteiger partial charge in [0.25, 0.3) is 0 Å². The fraction of sp³-hybridized carbons (Fsp3) is 0.190. The minimum atomic E-state index is -1.76. The number of benzene rings is 2. The van der Waals surface area contributed by atoms with Gasteiger partial charge in [0.15, 0.2) is 11.4 Å². The van der Waals surface area contributed by atoms with Crippen LogP contribution in [0.1, 0.15) is 21.6 Å². The molecule has 28 heavy (non-hydrogen) atoms. The highest BCUT2D eigenvalue weighted by molar-refractivity contribution is 6.43. The summed E-state index contributed by atoms with van der Waals surface area (Å²) >= 11 is 6.53. The van der Waals surface area contributed by atoms with Crippen molar-refractivity contribution in [2.45, 2.75) is 17.5 Å². The van der Waals surface area contributed by atoms with Crippen molar-refractivity contribution in [1.82, 2.24) is 4.57 Å². The maximum Gasteiger partial charge on any atom is 0.325 e. The van der Waals surface area contributed by atoms with E-state index < -0.39 is 22.7 Å². The van der Waals surface area contributed by atoms with Crippen LogP contribution in [0.3, 0.4) is 0 Å². The second kappa shape index (κ2) is 5.77. The van der Waals surface area contributed by atoms with E-state index in [4.69, 9.17) is 16.3 Å². The van der Waals surface area contributed by atoms with E-state index >= 15 is 0 Å². The number of methoxy groups -OCH3 is 1. The zero-order valence-electron chi connectivity index (χ0n) is 14.8. The number of alkyl halides is 1. The van der Waals surface area contributed by atoms with Crippen molar-refractivity contribution in [3.05, 3.63) is 65.4 Å². The van der Waals surface area contributed by atoms with Crippen molar-refractivity contribution in [2.75, 3.05) is 7.11 Å². The lowest BCUT2D eigenvalue weighted by molar-refractivity contribution is -0.141. The molecule has 2 unspecified atom stereocenters. The topological polar surface area (TPSA) is 80.9 Å². The van der Waals surface area contributed by atoms with E-state index in [9.17, 15) is 14.7 Å². The Morgan fingerprint density at radius 3 is 2.75 bits per heavy atom. The first-order valence-corrected chi connectivity index (χ1v) is 9.20. The van der Waals surface area contributed by atoms with E-state index in [1.54, 1.807) is 34.9 Å². The molecule has 2 aliphatic rings. The van der Waals surface area contributed by atoms with Crippen LogP contribution in [0.25, 0.3) is 10.9 Å². The maximum absolute atomic E-state index is 13.3. The number of fused-ring (bicyclic) bond motifs is 7. The molecule has 5 rings (SSSR count). The number of esters is 1. The Hall–Kier alpha value is -2.96. The molecule has 3 aromatic rings. The van der Waals surface area contributed by atoms with Gasteiger partial charge >= 0.3 is 5.97 Å². The summed E-state index contributed by atoms with van der Waals surface area (Å²) in [7, 11) is 1.31. The molecule has 1 aliphatic heterocycles. The highest BCUT2D eigenvalue weighted by atomic mass is 35.5. The summed E-state index contributed by atoms with van der Waals surface area (Å²) in [6, 6.07) is 14.3. The van der Waals surface area contributed by atoms with Gasteiger partial charge in [-0.15, -0.1) is 11.6 Å². The van der Waals surface area contributed by atoms with Crippen LogP contribution < -0.4 is 0 Å². The summed E-state index contributed by atoms with van der Waals surface area (Å²) < 4.78 is 6.51. The van der Waals surface area contributed by atoms with Gasteiger partial charge in [0.2, 0.25) is 0 Å². The van der Waals surface area contributed by atoms with Crippen LogP contribution in [-0.2, 0) is 21.7 Å². The second-order valence-corrected chi connectivity index (χ2v) is 7.31. The first-order chi connectivity index (χ1) is 13.5. The zero-order valence-corrected chi connectivity index (χ0v) is 15.6. The van der Waals surface area contributed by atoms with Crippen LogP contribution in [0.15, 0.2) is 53.5 Å². The second-order valence-electron chi connectivity index (χ2n) is 6.87. The third kappa shape index (κ3) is 1.99. The SMILES string of the molecule is COC(=O)Cn1c2c(c3ccccc31)C(=O)C(Cl)C1(O)C2=Nc2ccccc21. The van der Waals surface area contributed by atoms with E-state index in [-0.39, 0.29) is 12.3 Å². The summed E-state index contributed by atoms with van der Waals surface area (Å²) in [6.45, 7) is -0.113. The summed E-state index contributed by atoms with van der Waals surface area (Å²) in [4.78, 5) is 30.0. The number of nitrogens with zero attached hydrogens (tertiary/aromatic N) is 2. The number of Topliss-reactive ketones (excluding diaryl/α,β-unsaturated/α-hetero) is 1. The van der Waals surface area contributed by atoms with Gasteiger partial charge < -0.3 is 14.4 Å². The molecule has 0 saturated carbocycles. The Balaban J connectivity index is 1.89. The molecule has 1 N–H and O–H groups in total. The average molecular weight is 395 g/mol. The Kier molecular flexibility index (Phi) is 3.53. The first-order valence-electron chi connectivity index (χ1n) is 8.76. The van der Waals surface area contributed by atoms with Gasteiger partial charge in [0, 0.05) is 16.5 Å². The highest BCUT2D eigenvalue weighted by Crippen LogP contribution is 2.50. The first kappa shape index (κ1) is 17.2. The predicted molar refractivity (Wildman–Crippen MR) is 104 cm³/mol. The molecule has 0 spiro atoms. The minimum absolute atomic E-state index is 0.113. The number of hydrogen-bond acceptors (Lipinski definition) is 5. The molecular formula is C21H15ClN2O4. The van der Waals surface area contributed by atoms with E-state index in [1.807, 2.05) is 18.2 Å². The van der Waals surface area contributed by atoms with Crippen LogP contribution in [0, 0.1) is 0 Å². The van der Waals surface area contributed by atoms with Crippen molar-refractivity contribution in [1.29, 1.82) is 0 Å². The fourth-order valence-corrected chi connectivity index (χ4v) is 4.52. The minimum Gasteiger partial charge on any atom is -0.468 e. The number of hydrogen-bond donors (Lipinski definition) is 1. The van der Waals surface area contributed by atoms with Crippen LogP contribution in [0.5, 0.6) is 0 Å². The molecule has 0 saturated heterocycles. The fourth-order valence-electron chi connectivity index (χ4n) is 4.19. The van der Waals surface area contributed by atoms with Crippen molar-refractivity contribution >= 4 is 45.7 Å². The van der Waals surface area contributed by atoms with E-state index in [2.05, 4.69) is 4.99 Å². The number of rotatable bonds is 2. The molecule has 2 heterocycles. The summed E-state index contributed by atoms with van der Waals surface area (Å²) in [5.74, 6) is -0.863. The van der Waals surface area contributed by atoms with Gasteiger partial charge in [-0.25, -0.2) is 4.99 Å². The molecule has 140 valence electrons. The van der Waals surface area contributed by atoms with Crippen LogP contribution >= 0.6 is 11.6 Å². The van der Waals surface area contributed by atoms with Gasteiger partial charge in [-0.1, -0.05) is 36.4 Å².